The third-order valence-electron chi connectivity index (χ3n) is 5.20. The summed E-state index contributed by atoms with van der Waals surface area (Å²) in [4.78, 5) is 34.7. The van der Waals surface area contributed by atoms with Gasteiger partial charge in [0, 0.05) is 37.2 Å². The van der Waals surface area contributed by atoms with Crippen LogP contribution in [0.1, 0.15) is 22.3 Å². The van der Waals surface area contributed by atoms with Crippen LogP contribution < -0.4 is 5.32 Å². The van der Waals surface area contributed by atoms with Gasteiger partial charge in [0.2, 0.25) is 5.91 Å². The normalized spacial score (nSPS) is 14.9. The van der Waals surface area contributed by atoms with Gasteiger partial charge in [0.05, 0.1) is 35.8 Å². The number of hydrogen-bond acceptors (Lipinski definition) is 8. The van der Waals surface area contributed by atoms with E-state index in [2.05, 4.69) is 31.9 Å². The molecule has 0 aliphatic carbocycles. The Morgan fingerprint density at radius 3 is 2.50 bits per heavy atom. The molecule has 1 amide bonds. The third-order valence-corrected chi connectivity index (χ3v) is 6.92. The Morgan fingerprint density at radius 2 is 1.81 bits per heavy atom. The van der Waals surface area contributed by atoms with E-state index in [1.54, 1.807) is 53.9 Å². The second kappa shape index (κ2) is 10.8. The van der Waals surface area contributed by atoms with Gasteiger partial charge in [-0.1, -0.05) is 6.07 Å². The molecule has 1 aliphatic rings. The van der Waals surface area contributed by atoms with E-state index in [-0.39, 0.29) is 11.9 Å². The predicted molar refractivity (Wildman–Crippen MR) is 128 cm³/mol. The molecule has 4 rings (SSSR count). The van der Waals surface area contributed by atoms with E-state index >= 15 is 0 Å². The molecule has 1 fully saturated rings. The van der Waals surface area contributed by atoms with Gasteiger partial charge in [0.25, 0.3) is 0 Å². The van der Waals surface area contributed by atoms with Crippen molar-refractivity contribution in [1.29, 1.82) is 0 Å². The number of aromatic nitrogens is 1. The Hall–Kier alpha value is -2.59. The van der Waals surface area contributed by atoms with Gasteiger partial charge < -0.3 is 10.1 Å². The summed E-state index contributed by atoms with van der Waals surface area (Å²) in [6.45, 7) is 6.83. The Labute approximate surface area is 195 Å². The summed E-state index contributed by atoms with van der Waals surface area (Å²) in [7, 11) is 0. The lowest BCUT2D eigenvalue weighted by Gasteiger charge is -2.33. The molecule has 1 aliphatic heterocycles. The molecule has 168 valence electrons. The van der Waals surface area contributed by atoms with Crippen LogP contribution >= 0.6 is 22.7 Å². The van der Waals surface area contributed by atoms with E-state index < -0.39 is 0 Å². The molecule has 1 saturated heterocycles. The molecule has 7 nitrogen and oxygen atoms in total. The van der Waals surface area contributed by atoms with Crippen molar-refractivity contribution in [3.05, 3.63) is 57.7 Å². The zero-order valence-corrected chi connectivity index (χ0v) is 19.6. The van der Waals surface area contributed by atoms with E-state index in [0.29, 0.717) is 24.4 Å². The number of rotatable bonds is 8. The second-order valence-corrected chi connectivity index (χ2v) is 9.39. The van der Waals surface area contributed by atoms with Crippen LogP contribution in [-0.2, 0) is 16.1 Å². The van der Waals surface area contributed by atoms with Crippen molar-refractivity contribution in [3.63, 3.8) is 0 Å². The van der Waals surface area contributed by atoms with Crippen molar-refractivity contribution in [2.75, 3.05) is 44.6 Å². The summed E-state index contributed by atoms with van der Waals surface area (Å²) in [5, 5.41) is 8.23. The first-order valence-corrected chi connectivity index (χ1v) is 12.4. The number of carbonyl (C=O) groups excluding carboxylic acids is 2. The maximum atomic E-state index is 12.4. The highest BCUT2D eigenvalue weighted by Crippen LogP contribution is 2.26. The van der Waals surface area contributed by atoms with Crippen LogP contribution in [0, 0.1) is 0 Å². The predicted octanol–water partition coefficient (Wildman–Crippen LogP) is 3.80. The number of hydrogen-bond donors (Lipinski definition) is 1. The number of benzene rings is 1. The number of nitrogens with zero attached hydrogens (tertiary/aromatic N) is 3. The summed E-state index contributed by atoms with van der Waals surface area (Å²) in [6, 6.07) is 10.9. The number of thiophene rings is 1. The van der Waals surface area contributed by atoms with Gasteiger partial charge in [-0.2, -0.15) is 0 Å². The van der Waals surface area contributed by atoms with Crippen LogP contribution in [0.3, 0.4) is 0 Å². The molecule has 3 heterocycles. The van der Waals surface area contributed by atoms with E-state index in [1.165, 1.54) is 4.88 Å². The molecule has 3 aromatic rings. The SMILES string of the molecule is CCOC(=O)c1ccc(NC(=O)CN2CCN(Cc3nc(-c4cccs4)cs3)CC2)cc1. The molecule has 1 aromatic carbocycles. The number of ether oxygens (including phenoxy) is 1. The zero-order chi connectivity index (χ0) is 22.3. The quantitative estimate of drug-likeness (QED) is 0.505. The number of amides is 1. The summed E-state index contributed by atoms with van der Waals surface area (Å²) < 4.78 is 4.97. The van der Waals surface area contributed by atoms with E-state index in [4.69, 9.17) is 9.72 Å². The van der Waals surface area contributed by atoms with Crippen molar-refractivity contribution in [3.8, 4) is 10.6 Å². The topological polar surface area (TPSA) is 74.8 Å². The summed E-state index contributed by atoms with van der Waals surface area (Å²) >= 11 is 3.42. The molecule has 9 heteroatoms. The first kappa shape index (κ1) is 22.6. The van der Waals surface area contributed by atoms with Crippen LogP contribution in [0.15, 0.2) is 47.2 Å². The first-order valence-electron chi connectivity index (χ1n) is 10.6. The molecule has 0 bridgehead atoms. The van der Waals surface area contributed by atoms with Crippen molar-refractivity contribution < 1.29 is 14.3 Å². The standard InChI is InChI=1S/C23H26N4O3S2/c1-2-30-23(29)17-5-7-18(8-6-17)24-21(28)14-26-9-11-27(12-10-26)15-22-25-19(16-32-22)20-4-3-13-31-20/h3-8,13,16H,2,9-12,14-15H2,1H3,(H,24,28). The minimum Gasteiger partial charge on any atom is -0.462 e. The van der Waals surface area contributed by atoms with Gasteiger partial charge >= 0.3 is 5.97 Å². The highest BCUT2D eigenvalue weighted by Gasteiger charge is 2.20. The Bertz CT molecular complexity index is 1030. The van der Waals surface area contributed by atoms with Crippen molar-refractivity contribution in [1.82, 2.24) is 14.8 Å². The minimum absolute atomic E-state index is 0.0529. The number of carbonyl (C=O) groups is 2. The maximum Gasteiger partial charge on any atom is 0.338 e. The smallest absolute Gasteiger partial charge is 0.338 e. The lowest BCUT2D eigenvalue weighted by Crippen LogP contribution is -2.48. The third kappa shape index (κ3) is 6.01. The molecule has 0 atom stereocenters. The van der Waals surface area contributed by atoms with Crippen molar-refractivity contribution in [2.45, 2.75) is 13.5 Å². The molecule has 0 unspecified atom stereocenters. The molecule has 1 N–H and O–H groups in total. The van der Waals surface area contributed by atoms with Crippen LogP contribution in [0.5, 0.6) is 0 Å². The van der Waals surface area contributed by atoms with E-state index in [9.17, 15) is 9.59 Å². The molecule has 32 heavy (non-hydrogen) atoms. The highest BCUT2D eigenvalue weighted by atomic mass is 32.1. The fourth-order valence-corrected chi connectivity index (χ4v) is 5.12. The number of thiazole rings is 1. The van der Waals surface area contributed by atoms with Gasteiger partial charge in [0.15, 0.2) is 0 Å². The molecule has 2 aromatic heterocycles. The molecular formula is C23H26N4O3S2. The van der Waals surface area contributed by atoms with Crippen LogP contribution in [-0.4, -0.2) is 66.0 Å². The average molecular weight is 471 g/mol. The second-order valence-electron chi connectivity index (χ2n) is 7.50. The summed E-state index contributed by atoms with van der Waals surface area (Å²) in [5.41, 5.74) is 2.21. The van der Waals surface area contributed by atoms with Gasteiger partial charge in [-0.15, -0.1) is 22.7 Å². The van der Waals surface area contributed by atoms with Gasteiger partial charge in [0.1, 0.15) is 5.01 Å². The fraction of sp³-hybridized carbons (Fsp3) is 0.348. The molecule has 0 radical (unpaired) electrons. The Morgan fingerprint density at radius 1 is 1.06 bits per heavy atom. The van der Waals surface area contributed by atoms with Gasteiger partial charge in [-0.3, -0.25) is 14.6 Å². The first-order chi connectivity index (χ1) is 15.6. The molecule has 0 spiro atoms. The summed E-state index contributed by atoms with van der Waals surface area (Å²) in [5.74, 6) is -0.411. The van der Waals surface area contributed by atoms with Crippen molar-refractivity contribution >= 4 is 40.2 Å². The van der Waals surface area contributed by atoms with Crippen LogP contribution in [0.25, 0.3) is 10.6 Å². The average Bonchev–Trinajstić information content (AvgIpc) is 3.48. The monoisotopic (exact) mass is 470 g/mol. The minimum atomic E-state index is -0.358. The Balaban J connectivity index is 1.20. The molecular weight excluding hydrogens is 444 g/mol. The number of nitrogens with one attached hydrogen (secondary N) is 1. The number of piperazine rings is 1. The fourth-order valence-electron chi connectivity index (χ4n) is 3.53. The van der Waals surface area contributed by atoms with E-state index in [1.807, 2.05) is 6.07 Å². The van der Waals surface area contributed by atoms with Crippen LogP contribution in [0.4, 0.5) is 5.69 Å². The number of anilines is 1. The number of esters is 1. The zero-order valence-electron chi connectivity index (χ0n) is 18.0. The van der Waals surface area contributed by atoms with E-state index in [0.717, 1.165) is 43.4 Å². The lowest BCUT2D eigenvalue weighted by molar-refractivity contribution is -0.117. The maximum absolute atomic E-state index is 12.4. The molecule has 0 saturated carbocycles. The largest absolute Gasteiger partial charge is 0.462 e. The lowest BCUT2D eigenvalue weighted by atomic mass is 10.2. The Kier molecular flexibility index (Phi) is 7.64. The summed E-state index contributed by atoms with van der Waals surface area (Å²) in [6.07, 6.45) is 0. The van der Waals surface area contributed by atoms with Gasteiger partial charge in [-0.05, 0) is 42.6 Å². The van der Waals surface area contributed by atoms with Gasteiger partial charge in [-0.25, -0.2) is 9.78 Å². The van der Waals surface area contributed by atoms with Crippen LogP contribution in [0.2, 0.25) is 0 Å². The van der Waals surface area contributed by atoms with Crippen molar-refractivity contribution in [2.24, 2.45) is 0 Å². The highest BCUT2D eigenvalue weighted by molar-refractivity contribution is 7.14.